The van der Waals surface area contributed by atoms with Crippen LogP contribution in [-0.2, 0) is 0 Å². The van der Waals surface area contributed by atoms with Gasteiger partial charge in [0.15, 0.2) is 11.5 Å². The molecule has 0 aliphatic rings. The van der Waals surface area contributed by atoms with Crippen LogP contribution in [-0.4, -0.2) is 23.2 Å². The van der Waals surface area contributed by atoms with Gasteiger partial charge in [0.2, 0.25) is 5.95 Å². The predicted molar refractivity (Wildman–Crippen MR) is 100 cm³/mol. The van der Waals surface area contributed by atoms with E-state index in [0.29, 0.717) is 40.4 Å². The zero-order valence-corrected chi connectivity index (χ0v) is 15.8. The maximum Gasteiger partial charge on any atom is 0.222 e. The summed E-state index contributed by atoms with van der Waals surface area (Å²) >= 11 is 3.51. The van der Waals surface area contributed by atoms with Gasteiger partial charge in [-0.15, -0.1) is 0 Å². The van der Waals surface area contributed by atoms with Crippen molar-refractivity contribution in [1.82, 2.24) is 9.97 Å². The number of nitriles is 1. The summed E-state index contributed by atoms with van der Waals surface area (Å²) in [6.07, 6.45) is 1.97. The Kier molecular flexibility index (Phi) is 6.42. The second-order valence-corrected chi connectivity index (χ2v) is 6.08. The number of aromatic nitrogens is 2. The Morgan fingerprint density at radius 3 is 2.60 bits per heavy atom. The largest absolute Gasteiger partial charge is 0.490 e. The smallest absolute Gasteiger partial charge is 0.222 e. The number of nitrogens with zero attached hydrogens (tertiary/aromatic N) is 3. The maximum absolute atomic E-state index is 9.37. The average Bonchev–Trinajstić information content (AvgIpc) is 2.56. The van der Waals surface area contributed by atoms with E-state index in [4.69, 9.17) is 20.9 Å². The molecule has 2 rings (SSSR count). The zero-order valence-electron chi connectivity index (χ0n) is 14.2. The minimum Gasteiger partial charge on any atom is -0.490 e. The molecule has 1 heterocycles. The summed E-state index contributed by atoms with van der Waals surface area (Å²) in [5.41, 5.74) is 12.6. The normalized spacial score (nSPS) is 10.3. The van der Waals surface area contributed by atoms with E-state index in [2.05, 4.69) is 32.8 Å². The van der Waals surface area contributed by atoms with Crippen LogP contribution in [0.25, 0.3) is 11.3 Å². The lowest BCUT2D eigenvalue weighted by Crippen LogP contribution is -2.06. The fourth-order valence-electron chi connectivity index (χ4n) is 2.24. The van der Waals surface area contributed by atoms with Gasteiger partial charge in [-0.25, -0.2) is 4.98 Å². The summed E-state index contributed by atoms with van der Waals surface area (Å²) in [4.78, 5) is 8.00. The lowest BCUT2D eigenvalue weighted by molar-refractivity contribution is 0.271. The summed E-state index contributed by atoms with van der Waals surface area (Å²) in [5, 5.41) is 9.37. The van der Waals surface area contributed by atoms with Gasteiger partial charge in [-0.05, 0) is 41.4 Å². The van der Waals surface area contributed by atoms with Crippen LogP contribution < -0.4 is 20.9 Å². The molecule has 1 aromatic carbocycles. The molecule has 7 nitrogen and oxygen atoms in total. The zero-order chi connectivity index (χ0) is 18.4. The number of benzene rings is 1. The van der Waals surface area contributed by atoms with E-state index in [9.17, 15) is 5.26 Å². The Balaban J connectivity index is 2.56. The van der Waals surface area contributed by atoms with Crippen molar-refractivity contribution in [3.8, 4) is 28.8 Å². The lowest BCUT2D eigenvalue weighted by atomic mass is 10.1. The molecule has 8 heteroatoms. The average molecular weight is 406 g/mol. The van der Waals surface area contributed by atoms with Crippen molar-refractivity contribution in [2.75, 3.05) is 24.7 Å². The number of ether oxygens (including phenoxy) is 2. The molecule has 132 valence electrons. The number of unbranched alkanes of at least 4 members (excludes halogenated alkanes) is 1. The van der Waals surface area contributed by atoms with Crippen LogP contribution in [0.5, 0.6) is 11.5 Å². The van der Waals surface area contributed by atoms with E-state index < -0.39 is 0 Å². The van der Waals surface area contributed by atoms with Crippen LogP contribution in [0, 0.1) is 11.3 Å². The Hall–Kier alpha value is -2.53. The van der Waals surface area contributed by atoms with Crippen LogP contribution in [0.3, 0.4) is 0 Å². The quantitative estimate of drug-likeness (QED) is 0.675. The van der Waals surface area contributed by atoms with Gasteiger partial charge < -0.3 is 20.9 Å². The Bertz CT molecular complexity index is 805. The molecule has 0 radical (unpaired) electrons. The third-order valence-corrected chi connectivity index (χ3v) is 3.98. The second kappa shape index (κ2) is 8.53. The lowest BCUT2D eigenvalue weighted by Gasteiger charge is -2.16. The fraction of sp³-hybridized carbons (Fsp3) is 0.353. The number of rotatable bonds is 7. The molecule has 0 saturated carbocycles. The van der Waals surface area contributed by atoms with Crippen molar-refractivity contribution >= 4 is 27.7 Å². The number of hydrogen-bond donors (Lipinski definition) is 2. The van der Waals surface area contributed by atoms with Gasteiger partial charge >= 0.3 is 0 Å². The van der Waals surface area contributed by atoms with E-state index in [1.54, 1.807) is 12.1 Å². The van der Waals surface area contributed by atoms with E-state index >= 15 is 0 Å². The molecule has 1 aromatic heterocycles. The van der Waals surface area contributed by atoms with Gasteiger partial charge in [-0.1, -0.05) is 13.3 Å². The van der Waals surface area contributed by atoms with Gasteiger partial charge in [-0.3, -0.25) is 0 Å². The molecule has 25 heavy (non-hydrogen) atoms. The first-order valence-electron chi connectivity index (χ1n) is 7.94. The SMILES string of the molecule is CCCCOc1c(Br)cc(-c2nc(N)nc(N)c2C#N)cc1OCC. The van der Waals surface area contributed by atoms with Crippen LogP contribution in [0.2, 0.25) is 0 Å². The molecular weight excluding hydrogens is 386 g/mol. The molecule has 0 atom stereocenters. The number of anilines is 2. The van der Waals surface area contributed by atoms with Gasteiger partial charge in [0.1, 0.15) is 17.5 Å². The molecule has 4 N–H and O–H groups in total. The van der Waals surface area contributed by atoms with Gasteiger partial charge in [0, 0.05) is 5.56 Å². The molecule has 0 spiro atoms. The third kappa shape index (κ3) is 4.31. The first-order valence-corrected chi connectivity index (χ1v) is 8.73. The Morgan fingerprint density at radius 2 is 1.96 bits per heavy atom. The van der Waals surface area contributed by atoms with Crippen LogP contribution in [0.1, 0.15) is 32.3 Å². The van der Waals surface area contributed by atoms with Crippen molar-refractivity contribution < 1.29 is 9.47 Å². The third-order valence-electron chi connectivity index (χ3n) is 3.39. The minimum atomic E-state index is 0.00357. The predicted octanol–water partition coefficient (Wildman–Crippen LogP) is 3.52. The molecule has 2 aromatic rings. The first-order chi connectivity index (χ1) is 12.0. The van der Waals surface area contributed by atoms with E-state index in [1.165, 1.54) is 0 Å². The Morgan fingerprint density at radius 1 is 1.20 bits per heavy atom. The highest BCUT2D eigenvalue weighted by Crippen LogP contribution is 2.40. The van der Waals surface area contributed by atoms with Gasteiger partial charge in [0.05, 0.1) is 23.4 Å². The van der Waals surface area contributed by atoms with Crippen molar-refractivity contribution in [2.45, 2.75) is 26.7 Å². The van der Waals surface area contributed by atoms with E-state index in [0.717, 1.165) is 12.8 Å². The topological polar surface area (TPSA) is 120 Å². The van der Waals surface area contributed by atoms with Gasteiger partial charge in [-0.2, -0.15) is 10.2 Å². The van der Waals surface area contributed by atoms with Crippen molar-refractivity contribution in [3.63, 3.8) is 0 Å². The summed E-state index contributed by atoms with van der Waals surface area (Å²) in [6, 6.07) is 5.58. The van der Waals surface area contributed by atoms with Crippen LogP contribution in [0.4, 0.5) is 11.8 Å². The standard InChI is InChI=1S/C17H20BrN5O2/c1-3-5-6-25-15-12(18)7-10(8-13(15)24-4-2)14-11(9-19)16(20)23-17(21)22-14/h7-8H,3-6H2,1-2H3,(H4,20,21,22,23). The highest BCUT2D eigenvalue weighted by atomic mass is 79.9. The molecule has 0 aliphatic heterocycles. The molecule has 0 fully saturated rings. The van der Waals surface area contributed by atoms with Crippen molar-refractivity contribution in [1.29, 1.82) is 5.26 Å². The number of hydrogen-bond acceptors (Lipinski definition) is 7. The number of nitrogen functional groups attached to an aromatic ring is 2. The molecule has 0 amide bonds. The van der Waals surface area contributed by atoms with Gasteiger partial charge in [0.25, 0.3) is 0 Å². The summed E-state index contributed by atoms with van der Waals surface area (Å²) in [5.74, 6) is 1.22. The highest BCUT2D eigenvalue weighted by Gasteiger charge is 2.18. The fourth-order valence-corrected chi connectivity index (χ4v) is 2.80. The van der Waals surface area contributed by atoms with Crippen LogP contribution in [0.15, 0.2) is 16.6 Å². The molecule has 0 unspecified atom stereocenters. The van der Waals surface area contributed by atoms with E-state index in [1.807, 2.05) is 13.0 Å². The van der Waals surface area contributed by atoms with Crippen LogP contribution >= 0.6 is 15.9 Å². The highest BCUT2D eigenvalue weighted by molar-refractivity contribution is 9.10. The number of nitrogens with two attached hydrogens (primary N) is 2. The molecule has 0 bridgehead atoms. The maximum atomic E-state index is 9.37. The second-order valence-electron chi connectivity index (χ2n) is 5.22. The summed E-state index contributed by atoms with van der Waals surface area (Å²) in [6.45, 7) is 5.04. The monoisotopic (exact) mass is 405 g/mol. The molecular formula is C17H20BrN5O2. The summed E-state index contributed by atoms with van der Waals surface area (Å²) < 4.78 is 12.2. The number of halogens is 1. The van der Waals surface area contributed by atoms with Crippen molar-refractivity contribution in [3.05, 3.63) is 22.2 Å². The van der Waals surface area contributed by atoms with Crippen molar-refractivity contribution in [2.24, 2.45) is 0 Å². The molecule has 0 aliphatic carbocycles. The Labute approximate surface area is 155 Å². The van der Waals surface area contributed by atoms with E-state index in [-0.39, 0.29) is 17.3 Å². The molecule has 0 saturated heterocycles. The minimum absolute atomic E-state index is 0.00357. The first kappa shape index (κ1) is 18.8. The summed E-state index contributed by atoms with van der Waals surface area (Å²) in [7, 11) is 0.